The van der Waals surface area contributed by atoms with Gasteiger partial charge >= 0.3 is 0 Å². The van der Waals surface area contributed by atoms with Crippen LogP contribution in [0.25, 0.3) is 5.69 Å². The SMILES string of the molecule is COc1ccc(-n2ccnc2CN)c(OC)c1. The van der Waals surface area contributed by atoms with Gasteiger partial charge in [0.1, 0.15) is 17.3 Å². The fraction of sp³-hybridized carbons (Fsp3) is 0.250. The molecule has 0 aliphatic rings. The maximum absolute atomic E-state index is 5.63. The number of nitrogens with two attached hydrogens (primary N) is 1. The number of ether oxygens (including phenoxy) is 2. The third-order valence-electron chi connectivity index (χ3n) is 2.55. The van der Waals surface area contributed by atoms with Gasteiger partial charge in [-0.1, -0.05) is 0 Å². The topological polar surface area (TPSA) is 62.3 Å². The number of nitrogens with zero attached hydrogens (tertiary/aromatic N) is 2. The van der Waals surface area contributed by atoms with Crippen molar-refractivity contribution in [2.45, 2.75) is 6.54 Å². The zero-order valence-corrected chi connectivity index (χ0v) is 9.88. The summed E-state index contributed by atoms with van der Waals surface area (Å²) in [4.78, 5) is 4.18. The first-order valence-electron chi connectivity index (χ1n) is 5.25. The molecule has 0 spiro atoms. The van der Waals surface area contributed by atoms with Gasteiger partial charge in [0, 0.05) is 18.5 Å². The average molecular weight is 233 g/mol. The molecule has 0 aliphatic carbocycles. The van der Waals surface area contributed by atoms with Gasteiger partial charge in [0.2, 0.25) is 0 Å². The predicted octanol–water partition coefficient (Wildman–Crippen LogP) is 1.35. The van der Waals surface area contributed by atoms with Gasteiger partial charge in [-0.3, -0.25) is 4.57 Å². The number of rotatable bonds is 4. The Kier molecular flexibility index (Phi) is 3.30. The zero-order chi connectivity index (χ0) is 12.3. The Morgan fingerprint density at radius 2 is 2.12 bits per heavy atom. The summed E-state index contributed by atoms with van der Waals surface area (Å²) in [7, 11) is 3.24. The van der Waals surface area contributed by atoms with Crippen molar-refractivity contribution in [3.05, 3.63) is 36.4 Å². The van der Waals surface area contributed by atoms with Crippen LogP contribution in [0.1, 0.15) is 5.82 Å². The second-order valence-corrected chi connectivity index (χ2v) is 3.46. The first kappa shape index (κ1) is 11.5. The number of benzene rings is 1. The number of methoxy groups -OCH3 is 2. The smallest absolute Gasteiger partial charge is 0.146 e. The fourth-order valence-electron chi connectivity index (χ4n) is 1.69. The number of hydrogen-bond acceptors (Lipinski definition) is 4. The summed E-state index contributed by atoms with van der Waals surface area (Å²) in [6, 6.07) is 5.62. The third-order valence-corrected chi connectivity index (χ3v) is 2.55. The number of hydrogen-bond donors (Lipinski definition) is 1. The Morgan fingerprint density at radius 1 is 1.29 bits per heavy atom. The van der Waals surface area contributed by atoms with E-state index in [-0.39, 0.29) is 0 Å². The van der Waals surface area contributed by atoms with Gasteiger partial charge < -0.3 is 15.2 Å². The van der Waals surface area contributed by atoms with Crippen LogP contribution >= 0.6 is 0 Å². The molecular weight excluding hydrogens is 218 g/mol. The highest BCUT2D eigenvalue weighted by molar-refractivity contribution is 5.51. The lowest BCUT2D eigenvalue weighted by molar-refractivity contribution is 0.393. The Bertz CT molecular complexity index is 508. The lowest BCUT2D eigenvalue weighted by Crippen LogP contribution is -2.07. The van der Waals surface area contributed by atoms with Crippen molar-refractivity contribution in [1.29, 1.82) is 0 Å². The summed E-state index contributed by atoms with van der Waals surface area (Å²) in [6.45, 7) is 0.377. The van der Waals surface area contributed by atoms with Crippen LogP contribution in [0.4, 0.5) is 0 Å². The molecular formula is C12H15N3O2. The highest BCUT2D eigenvalue weighted by Gasteiger charge is 2.09. The highest BCUT2D eigenvalue weighted by atomic mass is 16.5. The molecule has 0 saturated heterocycles. The Balaban J connectivity index is 2.51. The quantitative estimate of drug-likeness (QED) is 0.865. The number of aromatic nitrogens is 2. The average Bonchev–Trinajstić information content (AvgIpc) is 2.85. The van der Waals surface area contributed by atoms with Crippen molar-refractivity contribution in [2.75, 3.05) is 14.2 Å². The summed E-state index contributed by atoms with van der Waals surface area (Å²) in [6.07, 6.45) is 3.57. The summed E-state index contributed by atoms with van der Waals surface area (Å²) in [5.74, 6) is 2.26. The molecule has 2 N–H and O–H groups in total. The Labute approximate surface area is 99.8 Å². The van der Waals surface area contributed by atoms with Crippen LogP contribution in [0.2, 0.25) is 0 Å². The van der Waals surface area contributed by atoms with Crippen LogP contribution in [0, 0.1) is 0 Å². The fourth-order valence-corrected chi connectivity index (χ4v) is 1.69. The van der Waals surface area contributed by atoms with Crippen molar-refractivity contribution >= 4 is 0 Å². The van der Waals surface area contributed by atoms with E-state index in [1.165, 1.54) is 0 Å². The molecule has 0 amide bonds. The van der Waals surface area contributed by atoms with Gasteiger partial charge in [-0.2, -0.15) is 0 Å². The lowest BCUT2D eigenvalue weighted by atomic mass is 10.2. The van der Waals surface area contributed by atoms with Crippen molar-refractivity contribution in [3.8, 4) is 17.2 Å². The summed E-state index contributed by atoms with van der Waals surface area (Å²) < 4.78 is 12.4. The molecule has 0 fully saturated rings. The molecule has 0 atom stereocenters. The van der Waals surface area contributed by atoms with Crippen LogP contribution in [-0.2, 0) is 6.54 Å². The molecule has 0 aliphatic heterocycles. The number of imidazole rings is 1. The molecule has 90 valence electrons. The van der Waals surface area contributed by atoms with E-state index in [1.54, 1.807) is 20.4 Å². The second kappa shape index (κ2) is 4.88. The van der Waals surface area contributed by atoms with E-state index in [9.17, 15) is 0 Å². The minimum Gasteiger partial charge on any atom is -0.497 e. The molecule has 2 aromatic rings. The van der Waals surface area contributed by atoms with E-state index in [1.807, 2.05) is 29.0 Å². The molecule has 17 heavy (non-hydrogen) atoms. The van der Waals surface area contributed by atoms with Crippen LogP contribution < -0.4 is 15.2 Å². The first-order valence-corrected chi connectivity index (χ1v) is 5.25. The molecule has 0 radical (unpaired) electrons. The second-order valence-electron chi connectivity index (χ2n) is 3.46. The molecule has 1 aromatic carbocycles. The van der Waals surface area contributed by atoms with Gasteiger partial charge in [0.05, 0.1) is 26.5 Å². The van der Waals surface area contributed by atoms with Crippen molar-refractivity contribution < 1.29 is 9.47 Å². The molecule has 5 heteroatoms. The van der Waals surface area contributed by atoms with Gasteiger partial charge in [-0.25, -0.2) is 4.98 Å². The van der Waals surface area contributed by atoms with Crippen LogP contribution in [0.15, 0.2) is 30.6 Å². The first-order chi connectivity index (χ1) is 8.30. The van der Waals surface area contributed by atoms with Crippen LogP contribution in [-0.4, -0.2) is 23.8 Å². The van der Waals surface area contributed by atoms with E-state index < -0.39 is 0 Å². The summed E-state index contributed by atoms with van der Waals surface area (Å²) in [5, 5.41) is 0. The van der Waals surface area contributed by atoms with E-state index in [2.05, 4.69) is 4.98 Å². The monoisotopic (exact) mass is 233 g/mol. The van der Waals surface area contributed by atoms with Gasteiger partial charge in [-0.15, -0.1) is 0 Å². The molecule has 0 saturated carbocycles. The molecule has 5 nitrogen and oxygen atoms in total. The maximum atomic E-state index is 5.63. The van der Waals surface area contributed by atoms with Crippen molar-refractivity contribution in [3.63, 3.8) is 0 Å². The van der Waals surface area contributed by atoms with Crippen molar-refractivity contribution in [1.82, 2.24) is 9.55 Å². The minimum absolute atomic E-state index is 0.377. The van der Waals surface area contributed by atoms with Gasteiger partial charge in [0.25, 0.3) is 0 Å². The lowest BCUT2D eigenvalue weighted by Gasteiger charge is -2.12. The van der Waals surface area contributed by atoms with E-state index >= 15 is 0 Å². The molecule has 0 unspecified atom stereocenters. The van der Waals surface area contributed by atoms with Gasteiger partial charge in [0.15, 0.2) is 0 Å². The minimum atomic E-state index is 0.377. The van der Waals surface area contributed by atoms with Crippen LogP contribution in [0.5, 0.6) is 11.5 Å². The third kappa shape index (κ3) is 2.09. The Hall–Kier alpha value is -2.01. The van der Waals surface area contributed by atoms with Crippen molar-refractivity contribution in [2.24, 2.45) is 5.73 Å². The Morgan fingerprint density at radius 3 is 2.76 bits per heavy atom. The molecule has 0 bridgehead atoms. The largest absolute Gasteiger partial charge is 0.497 e. The standard InChI is InChI=1S/C12H15N3O2/c1-16-9-3-4-10(11(7-9)17-2)15-6-5-14-12(15)8-13/h3-7H,8,13H2,1-2H3. The van der Waals surface area contributed by atoms with E-state index in [0.717, 1.165) is 23.0 Å². The highest BCUT2D eigenvalue weighted by Crippen LogP contribution is 2.28. The zero-order valence-electron chi connectivity index (χ0n) is 9.88. The van der Waals surface area contributed by atoms with E-state index in [4.69, 9.17) is 15.2 Å². The molecule has 1 aromatic heterocycles. The van der Waals surface area contributed by atoms with Gasteiger partial charge in [-0.05, 0) is 12.1 Å². The molecule has 1 heterocycles. The normalized spacial score (nSPS) is 10.3. The summed E-state index contributed by atoms with van der Waals surface area (Å²) >= 11 is 0. The molecule has 2 rings (SSSR count). The predicted molar refractivity (Wildman–Crippen MR) is 64.6 cm³/mol. The van der Waals surface area contributed by atoms with Crippen LogP contribution in [0.3, 0.4) is 0 Å². The summed E-state index contributed by atoms with van der Waals surface area (Å²) in [5.41, 5.74) is 6.53. The van der Waals surface area contributed by atoms with E-state index in [0.29, 0.717) is 6.54 Å². The maximum Gasteiger partial charge on any atom is 0.146 e.